The average Bonchev–Trinajstić information content (AvgIpc) is 3.10. The second-order valence-corrected chi connectivity index (χ2v) is 6.66. The molecule has 0 aromatic carbocycles. The third-order valence-corrected chi connectivity index (χ3v) is 4.91. The Labute approximate surface area is 174 Å². The minimum atomic E-state index is 0. The first kappa shape index (κ1) is 23.0. The lowest BCUT2D eigenvalue weighted by Gasteiger charge is -2.30. The van der Waals surface area contributed by atoms with Gasteiger partial charge in [-0.3, -0.25) is 4.99 Å². The van der Waals surface area contributed by atoms with Crippen LogP contribution in [0.1, 0.15) is 44.6 Å². The van der Waals surface area contributed by atoms with Crippen LogP contribution in [0.4, 0.5) is 0 Å². The molecule has 0 unspecified atom stereocenters. The van der Waals surface area contributed by atoms with Crippen LogP contribution in [0.5, 0.6) is 5.88 Å². The summed E-state index contributed by atoms with van der Waals surface area (Å²) in [4.78, 5) is 8.55. The summed E-state index contributed by atoms with van der Waals surface area (Å²) in [5, 5.41) is 6.88. The molecule has 1 aliphatic carbocycles. The van der Waals surface area contributed by atoms with E-state index in [0.717, 1.165) is 31.1 Å². The molecule has 1 aliphatic rings. The van der Waals surface area contributed by atoms with Crippen molar-refractivity contribution in [1.82, 2.24) is 15.6 Å². The molecule has 0 spiro atoms. The molecule has 7 heteroatoms. The van der Waals surface area contributed by atoms with Gasteiger partial charge in [0.15, 0.2) is 5.96 Å². The number of aromatic nitrogens is 1. The predicted molar refractivity (Wildman–Crippen MR) is 116 cm³/mol. The summed E-state index contributed by atoms with van der Waals surface area (Å²) in [7, 11) is 3.59. The number of hydrogen-bond acceptors (Lipinski definition) is 4. The second kappa shape index (κ2) is 12.3. The number of nitrogens with one attached hydrogen (secondary N) is 2. The largest absolute Gasteiger partial charge is 0.478 e. The number of halogens is 1. The number of methoxy groups -OCH3 is 1. The summed E-state index contributed by atoms with van der Waals surface area (Å²) < 4.78 is 10.8. The maximum absolute atomic E-state index is 5.45. The molecule has 1 saturated carbocycles. The molecule has 2 rings (SSSR count). The van der Waals surface area contributed by atoms with Gasteiger partial charge in [0.1, 0.15) is 0 Å². The van der Waals surface area contributed by atoms with Crippen molar-refractivity contribution in [2.24, 2.45) is 10.4 Å². The molecule has 1 aromatic rings. The van der Waals surface area contributed by atoms with E-state index in [1.54, 1.807) is 13.3 Å². The van der Waals surface area contributed by atoms with E-state index in [0.29, 0.717) is 24.4 Å². The summed E-state index contributed by atoms with van der Waals surface area (Å²) in [6.07, 6.45) is 8.04. The van der Waals surface area contributed by atoms with Crippen LogP contribution in [0, 0.1) is 5.41 Å². The van der Waals surface area contributed by atoms with E-state index in [1.165, 1.54) is 25.7 Å². The smallest absolute Gasteiger partial charge is 0.213 e. The van der Waals surface area contributed by atoms with Gasteiger partial charge in [0, 0.05) is 46.1 Å². The summed E-state index contributed by atoms with van der Waals surface area (Å²) in [5.74, 6) is 1.49. The highest BCUT2D eigenvalue weighted by Gasteiger charge is 2.33. The van der Waals surface area contributed by atoms with Crippen LogP contribution in [0.2, 0.25) is 0 Å². The minimum absolute atomic E-state index is 0. The number of pyridine rings is 1. The van der Waals surface area contributed by atoms with Gasteiger partial charge in [0.25, 0.3) is 0 Å². The van der Waals surface area contributed by atoms with Gasteiger partial charge in [-0.25, -0.2) is 4.98 Å². The molecule has 0 radical (unpaired) electrons. The zero-order valence-electron chi connectivity index (χ0n) is 16.2. The molecule has 26 heavy (non-hydrogen) atoms. The van der Waals surface area contributed by atoms with Gasteiger partial charge in [-0.1, -0.05) is 12.8 Å². The zero-order valence-corrected chi connectivity index (χ0v) is 18.5. The fourth-order valence-corrected chi connectivity index (χ4v) is 3.42. The maximum Gasteiger partial charge on any atom is 0.213 e. The van der Waals surface area contributed by atoms with E-state index in [-0.39, 0.29) is 24.0 Å². The van der Waals surface area contributed by atoms with Gasteiger partial charge in [-0.2, -0.15) is 0 Å². The molecule has 0 atom stereocenters. The van der Waals surface area contributed by atoms with Crippen LogP contribution in [-0.4, -0.2) is 44.9 Å². The number of ether oxygens (including phenoxy) is 2. The Morgan fingerprint density at radius 3 is 2.73 bits per heavy atom. The Bertz CT molecular complexity index is 548. The van der Waals surface area contributed by atoms with Crippen molar-refractivity contribution in [2.45, 2.75) is 45.6 Å². The third kappa shape index (κ3) is 7.26. The van der Waals surface area contributed by atoms with Gasteiger partial charge in [-0.15, -0.1) is 24.0 Å². The fraction of sp³-hybridized carbons (Fsp3) is 0.684. The number of aliphatic imine (C=N–C) groups is 1. The summed E-state index contributed by atoms with van der Waals surface area (Å²) >= 11 is 0. The molecule has 0 amide bonds. The predicted octanol–water partition coefficient (Wildman–Crippen LogP) is 3.36. The van der Waals surface area contributed by atoms with E-state index in [2.05, 4.69) is 20.6 Å². The van der Waals surface area contributed by atoms with Crippen molar-refractivity contribution in [3.63, 3.8) is 0 Å². The van der Waals surface area contributed by atoms with Gasteiger partial charge >= 0.3 is 0 Å². The summed E-state index contributed by atoms with van der Waals surface area (Å²) in [5.41, 5.74) is 1.46. The average molecular weight is 476 g/mol. The first-order valence-electron chi connectivity index (χ1n) is 9.22. The molecule has 0 saturated heterocycles. The number of guanidine groups is 1. The summed E-state index contributed by atoms with van der Waals surface area (Å²) in [6.45, 7) is 5.03. The maximum atomic E-state index is 5.45. The van der Waals surface area contributed by atoms with Crippen LogP contribution in [-0.2, 0) is 11.3 Å². The Hall–Kier alpha value is -1.09. The van der Waals surface area contributed by atoms with Gasteiger partial charge < -0.3 is 20.1 Å². The Morgan fingerprint density at radius 2 is 2.08 bits per heavy atom. The highest BCUT2D eigenvalue weighted by Crippen LogP contribution is 2.40. The number of hydrogen-bond donors (Lipinski definition) is 2. The van der Waals surface area contributed by atoms with Crippen molar-refractivity contribution in [1.29, 1.82) is 0 Å². The van der Waals surface area contributed by atoms with E-state index >= 15 is 0 Å². The van der Waals surface area contributed by atoms with Crippen LogP contribution < -0.4 is 15.4 Å². The van der Waals surface area contributed by atoms with Crippen LogP contribution in [0.3, 0.4) is 0 Å². The first-order valence-corrected chi connectivity index (χ1v) is 9.22. The molecular weight excluding hydrogens is 443 g/mol. The molecule has 2 N–H and O–H groups in total. The summed E-state index contributed by atoms with van der Waals surface area (Å²) in [6, 6.07) is 3.95. The Morgan fingerprint density at radius 1 is 1.31 bits per heavy atom. The van der Waals surface area contributed by atoms with Crippen molar-refractivity contribution in [2.75, 3.05) is 33.9 Å². The van der Waals surface area contributed by atoms with E-state index in [9.17, 15) is 0 Å². The molecule has 6 nitrogen and oxygen atoms in total. The van der Waals surface area contributed by atoms with E-state index < -0.39 is 0 Å². The molecular formula is C19H33IN4O2. The molecule has 0 bridgehead atoms. The Balaban J connectivity index is 0.00000338. The standard InChI is InChI=1S/C19H32N4O2.HI/c1-4-25-17-13-16(7-11-21-17)14-22-18(20-2)23-15-19(10-12-24-3)8-5-6-9-19;/h7,11,13H,4-6,8-10,12,14-15H2,1-3H3,(H2,20,22,23);1H. The van der Waals surface area contributed by atoms with Crippen molar-refractivity contribution >= 4 is 29.9 Å². The topological polar surface area (TPSA) is 67.8 Å². The van der Waals surface area contributed by atoms with Gasteiger partial charge in [0.2, 0.25) is 5.88 Å². The lowest BCUT2D eigenvalue weighted by molar-refractivity contribution is 0.138. The number of rotatable bonds is 9. The monoisotopic (exact) mass is 476 g/mol. The lowest BCUT2D eigenvalue weighted by Crippen LogP contribution is -2.43. The molecule has 148 valence electrons. The Kier molecular flexibility index (Phi) is 10.9. The van der Waals surface area contributed by atoms with E-state index in [1.807, 2.05) is 26.1 Å². The fourth-order valence-electron chi connectivity index (χ4n) is 3.42. The molecule has 1 heterocycles. The lowest BCUT2D eigenvalue weighted by atomic mass is 9.83. The highest BCUT2D eigenvalue weighted by molar-refractivity contribution is 14.0. The highest BCUT2D eigenvalue weighted by atomic mass is 127. The minimum Gasteiger partial charge on any atom is -0.478 e. The zero-order chi connectivity index (χ0) is 18.0. The van der Waals surface area contributed by atoms with E-state index in [4.69, 9.17) is 9.47 Å². The number of nitrogens with zero attached hydrogens (tertiary/aromatic N) is 2. The van der Waals surface area contributed by atoms with Crippen LogP contribution >= 0.6 is 24.0 Å². The molecule has 0 aliphatic heterocycles. The quantitative estimate of drug-likeness (QED) is 0.325. The van der Waals surface area contributed by atoms with Crippen molar-refractivity contribution < 1.29 is 9.47 Å². The van der Waals surface area contributed by atoms with Gasteiger partial charge in [-0.05, 0) is 43.2 Å². The van der Waals surface area contributed by atoms with Crippen molar-refractivity contribution in [3.05, 3.63) is 23.9 Å². The second-order valence-electron chi connectivity index (χ2n) is 6.66. The van der Waals surface area contributed by atoms with Crippen LogP contribution in [0.15, 0.2) is 23.3 Å². The normalized spacial score (nSPS) is 16.0. The molecule has 1 fully saturated rings. The first-order chi connectivity index (χ1) is 12.2. The van der Waals surface area contributed by atoms with Crippen molar-refractivity contribution in [3.8, 4) is 5.88 Å². The SMILES string of the molecule is CCOc1cc(CNC(=NC)NCC2(CCOC)CCCC2)ccn1.I. The van der Waals surface area contributed by atoms with Gasteiger partial charge in [0.05, 0.1) is 6.61 Å². The molecule has 1 aromatic heterocycles. The van der Waals surface area contributed by atoms with Crippen LogP contribution in [0.25, 0.3) is 0 Å². The third-order valence-electron chi connectivity index (χ3n) is 4.91.